The van der Waals surface area contributed by atoms with Crippen LogP contribution in [-0.4, -0.2) is 26.7 Å². The predicted octanol–water partition coefficient (Wildman–Crippen LogP) is 0.133. The summed E-state index contributed by atoms with van der Waals surface area (Å²) < 4.78 is 6.55. The molecule has 0 spiro atoms. The molecule has 0 saturated heterocycles. The molecule has 0 aliphatic rings. The Kier molecular flexibility index (Phi) is 1.21. The minimum atomic E-state index is 0.630. The van der Waals surface area contributed by atoms with Crippen molar-refractivity contribution >= 4 is 5.65 Å². The fourth-order valence-corrected chi connectivity index (χ4v) is 0.877. The first-order chi connectivity index (χ1) is 5.42. The highest BCUT2D eigenvalue weighted by molar-refractivity contribution is 5.50. The second-order valence-corrected chi connectivity index (χ2v) is 1.99. The van der Waals surface area contributed by atoms with Gasteiger partial charge in [0.25, 0.3) is 0 Å². The van der Waals surface area contributed by atoms with E-state index in [1.165, 1.54) is 6.33 Å². The molecule has 0 aromatic carbocycles. The van der Waals surface area contributed by atoms with E-state index in [1.54, 1.807) is 24.1 Å². The van der Waals surface area contributed by atoms with Gasteiger partial charge in [0, 0.05) is 0 Å². The summed E-state index contributed by atoms with van der Waals surface area (Å²) in [5.41, 5.74) is 0.683. The Labute approximate surface area is 62.7 Å². The lowest BCUT2D eigenvalue weighted by atomic mass is 10.6. The fraction of sp³-hybridized carbons (Fsp3) is 0.167. The Morgan fingerprint density at radius 3 is 3.27 bits per heavy atom. The molecule has 0 bridgehead atoms. The average molecular weight is 150 g/mol. The van der Waals surface area contributed by atoms with E-state index < -0.39 is 0 Å². The van der Waals surface area contributed by atoms with E-state index >= 15 is 0 Å². The lowest BCUT2D eigenvalue weighted by Gasteiger charge is -1.97. The minimum Gasteiger partial charge on any atom is -0.491 e. The van der Waals surface area contributed by atoms with Gasteiger partial charge in [-0.15, -0.1) is 0 Å². The van der Waals surface area contributed by atoms with Gasteiger partial charge in [0.05, 0.1) is 13.3 Å². The first kappa shape index (κ1) is 6.09. The van der Waals surface area contributed by atoms with Crippen molar-refractivity contribution in [3.63, 3.8) is 0 Å². The first-order valence-electron chi connectivity index (χ1n) is 3.09. The normalized spacial score (nSPS) is 10.3. The average Bonchev–Trinajstić information content (AvgIpc) is 2.50. The van der Waals surface area contributed by atoms with Crippen molar-refractivity contribution in [3.05, 3.63) is 18.9 Å². The highest BCUT2D eigenvalue weighted by Crippen LogP contribution is 2.12. The Hall–Kier alpha value is -1.65. The molecule has 11 heavy (non-hydrogen) atoms. The van der Waals surface area contributed by atoms with E-state index in [0.717, 1.165) is 0 Å². The molecule has 0 atom stereocenters. The number of fused-ring (bicyclic) bond motifs is 1. The monoisotopic (exact) mass is 150 g/mol. The molecule has 2 rings (SSSR count). The number of hydrogen-bond donors (Lipinski definition) is 0. The Balaban J connectivity index is 2.79. The molecule has 0 saturated carbocycles. The van der Waals surface area contributed by atoms with Gasteiger partial charge in [-0.3, -0.25) is 0 Å². The van der Waals surface area contributed by atoms with Gasteiger partial charge in [0.1, 0.15) is 12.7 Å². The third-order valence-electron chi connectivity index (χ3n) is 1.38. The van der Waals surface area contributed by atoms with Crippen LogP contribution in [0.1, 0.15) is 0 Å². The molecule has 5 nitrogen and oxygen atoms in total. The summed E-state index contributed by atoms with van der Waals surface area (Å²) in [6.45, 7) is 0. The molecular weight excluding hydrogens is 144 g/mol. The molecule has 2 aromatic heterocycles. The Morgan fingerprint density at radius 2 is 2.45 bits per heavy atom. The van der Waals surface area contributed by atoms with E-state index in [0.29, 0.717) is 11.4 Å². The second-order valence-electron chi connectivity index (χ2n) is 1.99. The van der Waals surface area contributed by atoms with E-state index in [-0.39, 0.29) is 0 Å². The Bertz CT molecular complexity index is 369. The fourth-order valence-electron chi connectivity index (χ4n) is 0.877. The second kappa shape index (κ2) is 2.19. The number of ether oxygens (including phenoxy) is 1. The summed E-state index contributed by atoms with van der Waals surface area (Å²) in [6.07, 6.45) is 4.63. The summed E-state index contributed by atoms with van der Waals surface area (Å²) >= 11 is 0. The third kappa shape index (κ3) is 0.813. The SMILES string of the molecule is COc1cncn2ncnc12. The molecule has 0 radical (unpaired) electrons. The van der Waals surface area contributed by atoms with Crippen LogP contribution in [0.5, 0.6) is 5.75 Å². The van der Waals surface area contributed by atoms with Crippen LogP contribution < -0.4 is 4.74 Å². The maximum absolute atomic E-state index is 5.00. The van der Waals surface area contributed by atoms with Gasteiger partial charge in [0.2, 0.25) is 5.65 Å². The quantitative estimate of drug-likeness (QED) is 0.580. The van der Waals surface area contributed by atoms with Crippen LogP contribution in [0.15, 0.2) is 18.9 Å². The summed E-state index contributed by atoms with van der Waals surface area (Å²) in [5, 5.41) is 3.89. The number of methoxy groups -OCH3 is 1. The highest BCUT2D eigenvalue weighted by atomic mass is 16.5. The van der Waals surface area contributed by atoms with Crippen molar-refractivity contribution in [2.45, 2.75) is 0 Å². The van der Waals surface area contributed by atoms with E-state index in [9.17, 15) is 0 Å². The number of nitrogens with zero attached hydrogens (tertiary/aromatic N) is 4. The lowest BCUT2D eigenvalue weighted by Crippen LogP contribution is -1.92. The molecule has 0 aliphatic carbocycles. The number of aromatic nitrogens is 4. The standard InChI is InChI=1S/C6H6N4O/c1-11-5-2-7-4-10-6(5)8-3-9-10/h2-4H,1H3. The van der Waals surface area contributed by atoms with Gasteiger partial charge in [-0.1, -0.05) is 0 Å². The zero-order valence-corrected chi connectivity index (χ0v) is 5.93. The van der Waals surface area contributed by atoms with Crippen LogP contribution in [0.3, 0.4) is 0 Å². The number of rotatable bonds is 1. The van der Waals surface area contributed by atoms with Gasteiger partial charge in [-0.25, -0.2) is 9.97 Å². The van der Waals surface area contributed by atoms with Crippen LogP contribution in [-0.2, 0) is 0 Å². The van der Waals surface area contributed by atoms with Gasteiger partial charge >= 0.3 is 0 Å². The predicted molar refractivity (Wildman–Crippen MR) is 37.3 cm³/mol. The summed E-state index contributed by atoms with van der Waals surface area (Å²) in [5.74, 6) is 0.630. The van der Waals surface area contributed by atoms with Crippen molar-refractivity contribution in [2.75, 3.05) is 7.11 Å². The van der Waals surface area contributed by atoms with E-state index in [1.807, 2.05) is 0 Å². The number of hydrogen-bond acceptors (Lipinski definition) is 4. The molecule has 0 fully saturated rings. The van der Waals surface area contributed by atoms with Crippen LogP contribution in [0.2, 0.25) is 0 Å². The van der Waals surface area contributed by atoms with Crippen LogP contribution in [0, 0.1) is 0 Å². The van der Waals surface area contributed by atoms with Crippen molar-refractivity contribution in [3.8, 4) is 5.75 Å². The molecule has 2 aromatic rings. The highest BCUT2D eigenvalue weighted by Gasteiger charge is 2.01. The summed E-state index contributed by atoms with van der Waals surface area (Å²) in [7, 11) is 1.58. The van der Waals surface area contributed by atoms with Crippen molar-refractivity contribution < 1.29 is 4.74 Å². The summed E-state index contributed by atoms with van der Waals surface area (Å²) in [6, 6.07) is 0. The molecular formula is C6H6N4O. The van der Waals surface area contributed by atoms with Crippen molar-refractivity contribution in [2.24, 2.45) is 0 Å². The van der Waals surface area contributed by atoms with Gasteiger partial charge in [-0.2, -0.15) is 9.61 Å². The van der Waals surface area contributed by atoms with Gasteiger partial charge < -0.3 is 4.74 Å². The first-order valence-corrected chi connectivity index (χ1v) is 3.09. The van der Waals surface area contributed by atoms with E-state index in [4.69, 9.17) is 4.74 Å². The van der Waals surface area contributed by atoms with Gasteiger partial charge in [0.15, 0.2) is 5.75 Å². The molecule has 0 aliphatic heterocycles. The molecule has 2 heterocycles. The minimum absolute atomic E-state index is 0.630. The molecule has 0 unspecified atom stereocenters. The Morgan fingerprint density at radius 1 is 1.55 bits per heavy atom. The zero-order chi connectivity index (χ0) is 7.68. The molecule has 5 heteroatoms. The molecule has 0 N–H and O–H groups in total. The van der Waals surface area contributed by atoms with Gasteiger partial charge in [-0.05, 0) is 0 Å². The smallest absolute Gasteiger partial charge is 0.200 e. The lowest BCUT2D eigenvalue weighted by molar-refractivity contribution is 0.414. The summed E-state index contributed by atoms with van der Waals surface area (Å²) in [4.78, 5) is 7.87. The maximum atomic E-state index is 5.00. The third-order valence-corrected chi connectivity index (χ3v) is 1.38. The van der Waals surface area contributed by atoms with Crippen molar-refractivity contribution in [1.82, 2.24) is 19.6 Å². The van der Waals surface area contributed by atoms with Crippen LogP contribution in [0.25, 0.3) is 5.65 Å². The largest absolute Gasteiger partial charge is 0.491 e. The van der Waals surface area contributed by atoms with Crippen molar-refractivity contribution in [1.29, 1.82) is 0 Å². The van der Waals surface area contributed by atoms with Crippen LogP contribution >= 0.6 is 0 Å². The topological polar surface area (TPSA) is 52.3 Å². The van der Waals surface area contributed by atoms with Crippen LogP contribution in [0.4, 0.5) is 0 Å². The molecule has 56 valence electrons. The maximum Gasteiger partial charge on any atom is 0.200 e. The molecule has 0 amide bonds. The zero-order valence-electron chi connectivity index (χ0n) is 5.93. The van der Waals surface area contributed by atoms with E-state index in [2.05, 4.69) is 15.1 Å².